The number of carbonyl (C=O) groups is 3. The Balaban J connectivity index is 2.26. The van der Waals surface area contributed by atoms with Crippen LogP contribution in [-0.4, -0.2) is 28.8 Å². The molecule has 1 saturated heterocycles. The van der Waals surface area contributed by atoms with Crippen LogP contribution in [0.4, 0.5) is 4.79 Å². The van der Waals surface area contributed by atoms with Gasteiger partial charge in [0.1, 0.15) is 0 Å². The smallest absolute Gasteiger partial charge is 0.269 e. The second kappa shape index (κ2) is 3.80. The molecule has 0 bridgehead atoms. The summed E-state index contributed by atoms with van der Waals surface area (Å²) in [4.78, 5) is 35.8. The molecule has 1 aliphatic carbocycles. The molecule has 0 aromatic heterocycles. The Morgan fingerprint density at radius 2 is 1.56 bits per heavy atom. The third-order valence-electron chi connectivity index (χ3n) is 3.75. The van der Waals surface area contributed by atoms with E-state index in [2.05, 4.69) is 33.0 Å². The molecule has 1 aliphatic heterocycles. The lowest BCUT2D eigenvalue weighted by Crippen LogP contribution is -2.49. The SMILES string of the molecule is CC1(C)CC(N2C(=O)NC(=O)C2=O)CC(C)(C)C1. The topological polar surface area (TPSA) is 66.5 Å². The summed E-state index contributed by atoms with van der Waals surface area (Å²) in [5, 5.41) is 2.07. The molecule has 5 heteroatoms. The van der Waals surface area contributed by atoms with Crippen LogP contribution in [0.5, 0.6) is 0 Å². The van der Waals surface area contributed by atoms with Crippen LogP contribution in [0.15, 0.2) is 0 Å². The van der Waals surface area contributed by atoms with Gasteiger partial charge in [0.2, 0.25) is 0 Å². The Morgan fingerprint density at radius 3 is 1.94 bits per heavy atom. The average Bonchev–Trinajstić information content (AvgIpc) is 2.35. The van der Waals surface area contributed by atoms with Crippen molar-refractivity contribution >= 4 is 17.8 Å². The molecule has 0 aromatic carbocycles. The number of nitrogens with one attached hydrogen (secondary N) is 1. The number of amides is 4. The Morgan fingerprint density at radius 1 is 1.06 bits per heavy atom. The maximum atomic E-state index is 11.7. The van der Waals surface area contributed by atoms with Gasteiger partial charge in [-0.2, -0.15) is 0 Å². The fourth-order valence-electron chi connectivity index (χ4n) is 3.71. The lowest BCUT2D eigenvalue weighted by atomic mass is 9.63. The predicted octanol–water partition coefficient (Wildman–Crippen LogP) is 1.67. The van der Waals surface area contributed by atoms with Crippen LogP contribution in [0.2, 0.25) is 0 Å². The number of hydrogen-bond acceptors (Lipinski definition) is 3. The van der Waals surface area contributed by atoms with Crippen molar-refractivity contribution in [1.82, 2.24) is 10.2 Å². The van der Waals surface area contributed by atoms with E-state index >= 15 is 0 Å². The average molecular weight is 252 g/mol. The first-order valence-electron chi connectivity index (χ1n) is 6.30. The van der Waals surface area contributed by atoms with Crippen LogP contribution in [0.25, 0.3) is 0 Å². The number of rotatable bonds is 1. The Hall–Kier alpha value is -1.39. The van der Waals surface area contributed by atoms with E-state index < -0.39 is 17.8 Å². The maximum Gasteiger partial charge on any atom is 0.331 e. The molecule has 4 amide bonds. The monoisotopic (exact) mass is 252 g/mol. The van der Waals surface area contributed by atoms with Crippen LogP contribution in [0, 0.1) is 10.8 Å². The Labute approximate surface area is 107 Å². The third kappa shape index (κ3) is 2.26. The maximum absolute atomic E-state index is 11.7. The number of carbonyl (C=O) groups excluding carboxylic acids is 3. The highest BCUT2D eigenvalue weighted by Gasteiger charge is 2.47. The molecular formula is C13H20N2O3. The lowest BCUT2D eigenvalue weighted by Gasteiger charge is -2.46. The van der Waals surface area contributed by atoms with E-state index in [1.165, 1.54) is 0 Å². The van der Waals surface area contributed by atoms with Crippen molar-refractivity contribution in [1.29, 1.82) is 0 Å². The van der Waals surface area contributed by atoms with Crippen molar-refractivity contribution in [2.75, 3.05) is 0 Å². The Bertz CT molecular complexity index is 410. The number of imide groups is 2. The molecule has 2 rings (SSSR count). The summed E-state index contributed by atoms with van der Waals surface area (Å²) >= 11 is 0. The predicted molar refractivity (Wildman–Crippen MR) is 65.6 cm³/mol. The fourth-order valence-corrected chi connectivity index (χ4v) is 3.71. The molecule has 0 spiro atoms. The van der Waals surface area contributed by atoms with Crippen molar-refractivity contribution in [2.24, 2.45) is 10.8 Å². The highest BCUT2D eigenvalue weighted by Crippen LogP contribution is 2.47. The second-order valence-corrected chi connectivity index (χ2v) is 7.00. The van der Waals surface area contributed by atoms with E-state index in [-0.39, 0.29) is 16.9 Å². The lowest BCUT2D eigenvalue weighted by molar-refractivity contribution is -0.142. The van der Waals surface area contributed by atoms with Gasteiger partial charge < -0.3 is 0 Å². The van der Waals surface area contributed by atoms with E-state index in [1.807, 2.05) is 0 Å². The zero-order chi connectivity index (χ0) is 13.7. The summed E-state index contributed by atoms with van der Waals surface area (Å²) in [6, 6.07) is -0.744. The van der Waals surface area contributed by atoms with Crippen LogP contribution in [0.3, 0.4) is 0 Å². The normalized spacial score (nSPS) is 27.6. The van der Waals surface area contributed by atoms with E-state index in [1.54, 1.807) is 0 Å². The highest BCUT2D eigenvalue weighted by atomic mass is 16.2. The highest BCUT2D eigenvalue weighted by molar-refractivity contribution is 6.44. The minimum absolute atomic E-state index is 0.0681. The van der Waals surface area contributed by atoms with Crippen molar-refractivity contribution in [3.05, 3.63) is 0 Å². The first-order chi connectivity index (χ1) is 8.11. The van der Waals surface area contributed by atoms with Crippen LogP contribution >= 0.6 is 0 Å². The molecule has 1 N–H and O–H groups in total. The van der Waals surface area contributed by atoms with Gasteiger partial charge in [0.05, 0.1) is 0 Å². The molecule has 2 aliphatic rings. The second-order valence-electron chi connectivity index (χ2n) is 7.00. The van der Waals surface area contributed by atoms with Gasteiger partial charge in [0.25, 0.3) is 0 Å². The van der Waals surface area contributed by atoms with Crippen molar-refractivity contribution < 1.29 is 14.4 Å². The summed E-state index contributed by atoms with van der Waals surface area (Å²) in [6.45, 7) is 8.56. The Kier molecular flexibility index (Phi) is 2.76. The van der Waals surface area contributed by atoms with Gasteiger partial charge >= 0.3 is 17.8 Å². The quantitative estimate of drug-likeness (QED) is 0.570. The standard InChI is InChI=1S/C13H20N2O3/c1-12(2)5-8(6-13(3,4)7-12)15-10(17)9(16)14-11(15)18/h8H,5-7H2,1-4H3,(H,14,16,18). The van der Waals surface area contributed by atoms with E-state index in [9.17, 15) is 14.4 Å². The van der Waals surface area contributed by atoms with Crippen molar-refractivity contribution in [2.45, 2.75) is 53.0 Å². The summed E-state index contributed by atoms with van der Waals surface area (Å²) in [7, 11) is 0. The summed E-state index contributed by atoms with van der Waals surface area (Å²) in [5.74, 6) is -1.51. The van der Waals surface area contributed by atoms with Gasteiger partial charge in [-0.15, -0.1) is 0 Å². The van der Waals surface area contributed by atoms with Gasteiger partial charge in [-0.1, -0.05) is 27.7 Å². The molecule has 100 valence electrons. The molecule has 2 fully saturated rings. The first-order valence-corrected chi connectivity index (χ1v) is 6.30. The fraction of sp³-hybridized carbons (Fsp3) is 0.769. The number of hydrogen-bond donors (Lipinski definition) is 1. The van der Waals surface area contributed by atoms with Crippen LogP contribution in [0.1, 0.15) is 47.0 Å². The minimum atomic E-state index is -0.804. The van der Waals surface area contributed by atoms with Crippen molar-refractivity contribution in [3.8, 4) is 0 Å². The van der Waals surface area contributed by atoms with Gasteiger partial charge in [-0.05, 0) is 30.1 Å². The molecule has 18 heavy (non-hydrogen) atoms. The van der Waals surface area contributed by atoms with Crippen LogP contribution in [-0.2, 0) is 9.59 Å². The van der Waals surface area contributed by atoms with E-state index in [0.717, 1.165) is 24.2 Å². The summed E-state index contributed by atoms with van der Waals surface area (Å²) in [6.07, 6.45) is 2.56. The molecule has 0 radical (unpaired) electrons. The first kappa shape index (κ1) is 13.1. The molecule has 1 heterocycles. The molecule has 1 saturated carbocycles. The molecule has 5 nitrogen and oxygen atoms in total. The largest absolute Gasteiger partial charge is 0.331 e. The van der Waals surface area contributed by atoms with E-state index in [0.29, 0.717) is 0 Å². The molecule has 0 unspecified atom stereocenters. The summed E-state index contributed by atoms with van der Waals surface area (Å²) < 4.78 is 0. The zero-order valence-corrected chi connectivity index (χ0v) is 11.4. The van der Waals surface area contributed by atoms with E-state index in [4.69, 9.17) is 0 Å². The third-order valence-corrected chi connectivity index (χ3v) is 3.75. The van der Waals surface area contributed by atoms with Crippen molar-refractivity contribution in [3.63, 3.8) is 0 Å². The van der Waals surface area contributed by atoms with Gasteiger partial charge in [0, 0.05) is 6.04 Å². The molecule has 0 aromatic rings. The number of urea groups is 1. The molecular weight excluding hydrogens is 232 g/mol. The zero-order valence-electron chi connectivity index (χ0n) is 11.4. The van der Waals surface area contributed by atoms with Crippen LogP contribution < -0.4 is 5.32 Å². The van der Waals surface area contributed by atoms with Gasteiger partial charge in [0.15, 0.2) is 0 Å². The van der Waals surface area contributed by atoms with Gasteiger partial charge in [-0.3, -0.25) is 19.8 Å². The number of nitrogens with zero attached hydrogens (tertiary/aromatic N) is 1. The molecule has 0 atom stereocenters. The van der Waals surface area contributed by atoms with Gasteiger partial charge in [-0.25, -0.2) is 4.79 Å². The summed E-state index contributed by atoms with van der Waals surface area (Å²) in [5.41, 5.74) is 0.136. The minimum Gasteiger partial charge on any atom is -0.269 e.